The van der Waals surface area contributed by atoms with Gasteiger partial charge in [-0.05, 0) is 31.2 Å². The van der Waals surface area contributed by atoms with Crippen molar-refractivity contribution < 1.29 is 9.36 Å². The second-order valence-electron chi connectivity index (χ2n) is 10.9. The van der Waals surface area contributed by atoms with Crippen LogP contribution < -0.4 is 9.47 Å². The van der Waals surface area contributed by atoms with Gasteiger partial charge in [-0.1, -0.05) is 44.0 Å². The van der Waals surface area contributed by atoms with Crippen molar-refractivity contribution in [2.75, 3.05) is 26.0 Å². The fourth-order valence-corrected chi connectivity index (χ4v) is 7.18. The summed E-state index contributed by atoms with van der Waals surface area (Å²) in [4.78, 5) is 24.2. The number of fused-ring (bicyclic) bond motifs is 2. The van der Waals surface area contributed by atoms with Crippen LogP contribution in [0, 0.1) is 6.92 Å². The molecule has 0 fully saturated rings. The molecule has 5 aromatic rings. The Labute approximate surface area is 250 Å². The van der Waals surface area contributed by atoms with Crippen LogP contribution in [0.1, 0.15) is 22.5 Å². The zero-order chi connectivity index (χ0) is 28.8. The molecule has 1 amide bonds. The maximum atomic E-state index is 14.9. The second kappa shape index (κ2) is 9.07. The smallest absolute Gasteiger partial charge is 0.350 e. The van der Waals surface area contributed by atoms with Crippen LogP contribution in [0.15, 0.2) is 62.7 Å². The molecule has 1 aliphatic heterocycles. The van der Waals surface area contributed by atoms with Gasteiger partial charge in [0.25, 0.3) is 5.91 Å². The molecule has 6 rings (SSSR count). The lowest BCUT2D eigenvalue weighted by atomic mass is 9.85. The van der Waals surface area contributed by atoms with Crippen LogP contribution in [-0.4, -0.2) is 51.5 Å². The molecular weight excluding hydrogens is 634 g/mol. The zero-order valence-electron chi connectivity index (χ0n) is 23.9. The van der Waals surface area contributed by atoms with E-state index in [1.54, 1.807) is 4.90 Å². The first-order valence-electron chi connectivity index (χ1n) is 13.0. The first-order valence-corrected chi connectivity index (χ1v) is 14.6. The summed E-state index contributed by atoms with van der Waals surface area (Å²) in [5, 5.41) is 2.04. The van der Waals surface area contributed by atoms with Crippen molar-refractivity contribution >= 4 is 71.4 Å². The minimum atomic E-state index is -1.29. The van der Waals surface area contributed by atoms with Gasteiger partial charge in [-0.2, -0.15) is 0 Å². The third-order valence-corrected chi connectivity index (χ3v) is 9.25. The highest BCUT2D eigenvalue weighted by Crippen LogP contribution is 2.45. The second-order valence-corrected chi connectivity index (χ2v) is 12.7. The Morgan fingerprint density at radius 3 is 2.08 bits per heavy atom. The summed E-state index contributed by atoms with van der Waals surface area (Å²) in [6, 6.07) is 12.4. The summed E-state index contributed by atoms with van der Waals surface area (Å²) in [7, 11) is 14.0. The Hall–Kier alpha value is -3.37. The number of aryl methyl sites for hydroxylation is 2. The van der Waals surface area contributed by atoms with Crippen LogP contribution >= 0.6 is 31.9 Å². The molecule has 40 heavy (non-hydrogen) atoms. The lowest BCUT2D eigenvalue weighted by Gasteiger charge is -2.24. The van der Waals surface area contributed by atoms with Crippen LogP contribution in [0.5, 0.6) is 0 Å². The quantitative estimate of drug-likeness (QED) is 0.257. The molecule has 0 N–H and O–H groups in total. The summed E-state index contributed by atoms with van der Waals surface area (Å²) in [6.45, 7) is 2.07. The molecule has 8 nitrogen and oxygen atoms in total. The highest BCUT2D eigenvalue weighted by Gasteiger charge is 2.57. The lowest BCUT2D eigenvalue weighted by molar-refractivity contribution is -0.667. The molecule has 3 aromatic heterocycles. The number of aliphatic imine (C=N–C) groups is 1. The zero-order valence-corrected chi connectivity index (χ0v) is 27.1. The van der Waals surface area contributed by atoms with Gasteiger partial charge in [0, 0.05) is 75.4 Å². The Morgan fingerprint density at radius 1 is 0.900 bits per heavy atom. The van der Waals surface area contributed by atoms with Crippen molar-refractivity contribution in [3.8, 4) is 0 Å². The molecule has 10 heteroatoms. The average Bonchev–Trinajstić information content (AvgIpc) is 3.55. The molecule has 0 saturated heterocycles. The average molecular weight is 666 g/mol. The number of likely N-dealkylation sites (N-methyl/N-ethyl adjacent to an activating group) is 1. The molecule has 0 saturated carbocycles. The number of nitrogens with zero attached hydrogens (tertiary/aromatic N) is 7. The molecule has 2 aromatic carbocycles. The molecule has 0 aliphatic carbocycles. The molecule has 1 unspecified atom stereocenters. The van der Waals surface area contributed by atoms with E-state index in [1.807, 2.05) is 61.5 Å². The predicted molar refractivity (Wildman–Crippen MR) is 167 cm³/mol. The van der Waals surface area contributed by atoms with E-state index in [1.165, 1.54) is 0 Å². The van der Waals surface area contributed by atoms with Crippen LogP contribution in [0.25, 0.3) is 21.8 Å². The number of hydrogen-bond acceptors (Lipinski definition) is 3. The van der Waals surface area contributed by atoms with E-state index in [0.29, 0.717) is 5.84 Å². The maximum absolute atomic E-state index is 14.9. The van der Waals surface area contributed by atoms with Crippen LogP contribution in [-0.2, 0) is 38.5 Å². The van der Waals surface area contributed by atoms with Crippen molar-refractivity contribution in [2.45, 2.75) is 12.5 Å². The molecule has 206 valence electrons. The number of halogens is 2. The summed E-state index contributed by atoms with van der Waals surface area (Å²) in [5.74, 6) is 1.55. The van der Waals surface area contributed by atoms with Gasteiger partial charge in [0.15, 0.2) is 5.69 Å². The topological polar surface area (TPSA) is 54.6 Å². The van der Waals surface area contributed by atoms with Gasteiger partial charge in [-0.3, -0.25) is 14.6 Å². The molecular formula is C30H32Br2N7O+. The molecule has 0 radical (unpaired) electrons. The first-order chi connectivity index (χ1) is 18.9. The third kappa shape index (κ3) is 3.51. The summed E-state index contributed by atoms with van der Waals surface area (Å²) in [6.07, 6.45) is 4.14. The monoisotopic (exact) mass is 664 g/mol. The standard InChI is InChI=1S/C30H32Br2N7O/c1-17-26(38(7)29(34(2)3)37(17)6)30(23-16-36(5)25-14-19(32)10-12-21(23)25)28(40)39(8)27(33-30)22-15-35(4)24-13-18(31)9-11-20(22)24/h9-16H,1-8H3/q+1. The van der Waals surface area contributed by atoms with Crippen molar-refractivity contribution in [1.82, 2.24) is 18.6 Å². The SMILES string of the molecule is Cc1c(C2(c3cn(C)c4cc(Br)ccc34)N=C(c3cn(C)c4cc(Br)ccc34)N(C)C2=O)[n+](C)c(N(C)C)n1C. The van der Waals surface area contributed by atoms with Gasteiger partial charge < -0.3 is 9.13 Å². The fraction of sp³-hybridized carbons (Fsp3) is 0.300. The van der Waals surface area contributed by atoms with Gasteiger partial charge in [-0.15, -0.1) is 0 Å². The number of carbonyl (C=O) groups excluding carboxylic acids is 1. The van der Waals surface area contributed by atoms with Crippen molar-refractivity contribution in [3.63, 3.8) is 0 Å². The number of amidine groups is 1. The number of aromatic nitrogens is 4. The lowest BCUT2D eigenvalue weighted by Crippen LogP contribution is -2.49. The Morgan fingerprint density at radius 2 is 1.48 bits per heavy atom. The van der Waals surface area contributed by atoms with E-state index in [4.69, 9.17) is 4.99 Å². The number of imidazole rings is 1. The van der Waals surface area contributed by atoms with Gasteiger partial charge >= 0.3 is 5.95 Å². The van der Waals surface area contributed by atoms with E-state index in [-0.39, 0.29) is 5.91 Å². The van der Waals surface area contributed by atoms with E-state index >= 15 is 0 Å². The van der Waals surface area contributed by atoms with Crippen molar-refractivity contribution in [3.05, 3.63) is 80.3 Å². The van der Waals surface area contributed by atoms with E-state index in [0.717, 1.165) is 59.2 Å². The van der Waals surface area contributed by atoms with Crippen LogP contribution in [0.4, 0.5) is 5.95 Å². The number of anilines is 1. The molecule has 0 spiro atoms. The number of amides is 1. The minimum absolute atomic E-state index is 0.0818. The normalized spacial score (nSPS) is 17.5. The van der Waals surface area contributed by atoms with Gasteiger partial charge in [0.1, 0.15) is 11.5 Å². The van der Waals surface area contributed by atoms with E-state index < -0.39 is 5.54 Å². The van der Waals surface area contributed by atoms with Crippen molar-refractivity contribution in [1.29, 1.82) is 0 Å². The summed E-state index contributed by atoms with van der Waals surface area (Å²) < 4.78 is 10.4. The Bertz CT molecular complexity index is 1910. The fourth-order valence-electron chi connectivity index (χ4n) is 6.48. The molecule has 4 heterocycles. The first kappa shape index (κ1) is 26.8. The predicted octanol–water partition coefficient (Wildman–Crippen LogP) is 4.89. The summed E-state index contributed by atoms with van der Waals surface area (Å²) >= 11 is 7.23. The van der Waals surface area contributed by atoms with E-state index in [9.17, 15) is 4.79 Å². The largest absolute Gasteiger partial charge is 0.359 e. The summed E-state index contributed by atoms with van der Waals surface area (Å²) in [5.41, 5.74) is 4.42. The van der Waals surface area contributed by atoms with Gasteiger partial charge in [-0.25, -0.2) is 14.1 Å². The number of hydrogen-bond donors (Lipinski definition) is 0. The van der Waals surface area contributed by atoms with Crippen LogP contribution in [0.3, 0.4) is 0 Å². The van der Waals surface area contributed by atoms with Gasteiger partial charge in [0.2, 0.25) is 5.54 Å². The molecule has 1 aliphatic rings. The number of benzene rings is 2. The van der Waals surface area contributed by atoms with Gasteiger partial charge in [0.05, 0.1) is 28.2 Å². The highest BCUT2D eigenvalue weighted by molar-refractivity contribution is 9.10. The van der Waals surface area contributed by atoms with Crippen LogP contribution in [0.2, 0.25) is 0 Å². The Kier molecular flexibility index (Phi) is 6.09. The number of rotatable bonds is 4. The minimum Gasteiger partial charge on any atom is -0.350 e. The van der Waals surface area contributed by atoms with E-state index in [2.05, 4.69) is 98.6 Å². The molecule has 0 bridgehead atoms. The maximum Gasteiger partial charge on any atom is 0.359 e. The third-order valence-electron chi connectivity index (χ3n) is 8.27. The number of carbonyl (C=O) groups is 1. The molecule has 1 atom stereocenters. The van der Waals surface area contributed by atoms with Crippen molar-refractivity contribution in [2.24, 2.45) is 33.2 Å². The Balaban J connectivity index is 1.76. The highest BCUT2D eigenvalue weighted by atomic mass is 79.9.